The van der Waals surface area contributed by atoms with E-state index in [2.05, 4.69) is 10.3 Å². The van der Waals surface area contributed by atoms with E-state index in [0.29, 0.717) is 6.54 Å². The van der Waals surface area contributed by atoms with Crippen LogP contribution in [-0.4, -0.2) is 16.1 Å². The summed E-state index contributed by atoms with van der Waals surface area (Å²) >= 11 is 1.14. The van der Waals surface area contributed by atoms with Gasteiger partial charge in [0.1, 0.15) is 0 Å². The zero-order valence-electron chi connectivity index (χ0n) is 8.38. The quantitative estimate of drug-likeness (QED) is 0.853. The summed E-state index contributed by atoms with van der Waals surface area (Å²) in [6, 6.07) is 9.71. The van der Waals surface area contributed by atoms with Gasteiger partial charge in [-0.25, -0.2) is 9.78 Å². The van der Waals surface area contributed by atoms with Crippen molar-refractivity contribution < 1.29 is 9.90 Å². The lowest BCUT2D eigenvalue weighted by Crippen LogP contribution is -2.01. The summed E-state index contributed by atoms with van der Waals surface area (Å²) in [7, 11) is 0. The maximum Gasteiger partial charge on any atom is 0.365 e. The first-order valence-corrected chi connectivity index (χ1v) is 5.60. The average molecular weight is 234 g/mol. The summed E-state index contributed by atoms with van der Waals surface area (Å²) in [5, 5.41) is 13.8. The van der Waals surface area contributed by atoms with E-state index in [-0.39, 0.29) is 5.01 Å². The predicted molar refractivity (Wildman–Crippen MR) is 62.8 cm³/mol. The molecule has 0 unspecified atom stereocenters. The molecule has 0 aliphatic heterocycles. The second kappa shape index (κ2) is 4.76. The Morgan fingerprint density at radius 2 is 2.12 bits per heavy atom. The van der Waals surface area contributed by atoms with Crippen LogP contribution in [-0.2, 0) is 6.54 Å². The fourth-order valence-corrected chi connectivity index (χ4v) is 1.89. The minimum Gasteiger partial charge on any atom is -0.476 e. The normalized spacial score (nSPS) is 10.0. The smallest absolute Gasteiger partial charge is 0.365 e. The Labute approximate surface area is 96.6 Å². The van der Waals surface area contributed by atoms with Crippen LogP contribution < -0.4 is 5.32 Å². The molecule has 0 saturated carbocycles. The van der Waals surface area contributed by atoms with Crippen LogP contribution in [0.2, 0.25) is 0 Å². The van der Waals surface area contributed by atoms with E-state index < -0.39 is 5.97 Å². The monoisotopic (exact) mass is 234 g/mol. The minimum atomic E-state index is -0.976. The van der Waals surface area contributed by atoms with Gasteiger partial charge in [-0.15, -0.1) is 11.3 Å². The van der Waals surface area contributed by atoms with Crippen LogP contribution in [0.15, 0.2) is 35.7 Å². The molecule has 0 atom stereocenters. The summed E-state index contributed by atoms with van der Waals surface area (Å²) in [5.74, 6) is -0.976. The van der Waals surface area contributed by atoms with Crippen molar-refractivity contribution in [2.75, 3.05) is 5.32 Å². The highest BCUT2D eigenvalue weighted by Gasteiger charge is 2.08. The van der Waals surface area contributed by atoms with Crippen LogP contribution in [0.4, 0.5) is 5.69 Å². The molecule has 82 valence electrons. The number of aromatic nitrogens is 1. The third-order valence-electron chi connectivity index (χ3n) is 1.98. The molecule has 2 aromatic rings. The number of hydrogen-bond donors (Lipinski definition) is 2. The van der Waals surface area contributed by atoms with E-state index in [1.807, 2.05) is 30.3 Å². The first-order chi connectivity index (χ1) is 7.75. The molecule has 0 amide bonds. The number of anilines is 1. The maximum absolute atomic E-state index is 10.6. The molecule has 0 aliphatic rings. The van der Waals surface area contributed by atoms with Gasteiger partial charge in [0.2, 0.25) is 5.01 Å². The molecule has 0 aliphatic carbocycles. The van der Waals surface area contributed by atoms with Crippen molar-refractivity contribution >= 4 is 23.0 Å². The average Bonchev–Trinajstić information content (AvgIpc) is 2.76. The van der Waals surface area contributed by atoms with Crippen LogP contribution >= 0.6 is 11.3 Å². The first-order valence-electron chi connectivity index (χ1n) is 4.72. The molecule has 0 radical (unpaired) electrons. The Kier molecular flexibility index (Phi) is 3.16. The Morgan fingerprint density at radius 3 is 2.75 bits per heavy atom. The largest absolute Gasteiger partial charge is 0.476 e. The second-order valence-corrected chi connectivity index (χ2v) is 4.03. The van der Waals surface area contributed by atoms with Crippen LogP contribution in [0.3, 0.4) is 0 Å². The third-order valence-corrected chi connectivity index (χ3v) is 2.86. The lowest BCUT2D eigenvalue weighted by atomic mass is 10.3. The van der Waals surface area contributed by atoms with Crippen LogP contribution in [0, 0.1) is 0 Å². The zero-order chi connectivity index (χ0) is 11.4. The Hall–Kier alpha value is -1.88. The summed E-state index contributed by atoms with van der Waals surface area (Å²) < 4.78 is 0. The number of aromatic carboxylic acids is 1. The summed E-state index contributed by atoms with van der Waals surface area (Å²) in [5.41, 5.74) is 1.73. The molecule has 0 spiro atoms. The van der Waals surface area contributed by atoms with Gasteiger partial charge in [-0.2, -0.15) is 0 Å². The van der Waals surface area contributed by atoms with E-state index >= 15 is 0 Å². The lowest BCUT2D eigenvalue weighted by molar-refractivity contribution is 0.0696. The Bertz CT molecular complexity index is 482. The summed E-state index contributed by atoms with van der Waals surface area (Å²) in [6.45, 7) is 0.536. The van der Waals surface area contributed by atoms with Crippen molar-refractivity contribution in [2.24, 2.45) is 0 Å². The molecule has 5 heteroatoms. The number of hydrogen-bond acceptors (Lipinski definition) is 4. The van der Waals surface area contributed by atoms with Gasteiger partial charge >= 0.3 is 5.97 Å². The molecule has 0 saturated heterocycles. The van der Waals surface area contributed by atoms with Crippen molar-refractivity contribution in [1.29, 1.82) is 0 Å². The lowest BCUT2D eigenvalue weighted by Gasteiger charge is -2.02. The van der Waals surface area contributed by atoms with Crippen molar-refractivity contribution in [2.45, 2.75) is 6.54 Å². The molecule has 1 aromatic heterocycles. The molecule has 0 bridgehead atoms. The number of nitrogens with one attached hydrogen (secondary N) is 1. The third kappa shape index (κ3) is 2.58. The molecule has 1 heterocycles. The fraction of sp³-hybridized carbons (Fsp3) is 0.0909. The number of rotatable bonds is 4. The molecule has 2 N–H and O–H groups in total. The molecule has 1 aromatic carbocycles. The number of carboxylic acid groups (broad SMARTS) is 1. The number of thiazole rings is 1. The van der Waals surface area contributed by atoms with E-state index in [9.17, 15) is 4.79 Å². The highest BCUT2D eigenvalue weighted by atomic mass is 32.1. The highest BCUT2D eigenvalue weighted by molar-refractivity contribution is 7.11. The maximum atomic E-state index is 10.6. The van der Waals surface area contributed by atoms with Crippen molar-refractivity contribution in [3.63, 3.8) is 0 Å². The molecule has 0 fully saturated rings. The topological polar surface area (TPSA) is 62.2 Å². The number of benzene rings is 1. The Balaban J connectivity index is 1.97. The van der Waals surface area contributed by atoms with Gasteiger partial charge in [-0.3, -0.25) is 0 Å². The zero-order valence-corrected chi connectivity index (χ0v) is 9.20. The molecular weight excluding hydrogens is 224 g/mol. The summed E-state index contributed by atoms with van der Waals surface area (Å²) in [6.07, 6.45) is 0. The van der Waals surface area contributed by atoms with Gasteiger partial charge in [0, 0.05) is 11.1 Å². The Morgan fingerprint density at radius 1 is 1.38 bits per heavy atom. The first kappa shape index (κ1) is 10.6. The van der Waals surface area contributed by atoms with Gasteiger partial charge in [0.05, 0.1) is 12.2 Å². The SMILES string of the molecule is O=C(O)c1nc(CNc2ccccc2)cs1. The molecule has 4 nitrogen and oxygen atoms in total. The number of para-hydroxylation sites is 1. The van der Waals surface area contributed by atoms with Gasteiger partial charge < -0.3 is 10.4 Å². The van der Waals surface area contributed by atoms with Gasteiger partial charge in [-0.1, -0.05) is 18.2 Å². The number of carboxylic acids is 1. The molecular formula is C11H10N2O2S. The number of nitrogens with zero attached hydrogens (tertiary/aromatic N) is 1. The van der Waals surface area contributed by atoms with Crippen molar-refractivity contribution in [3.8, 4) is 0 Å². The second-order valence-electron chi connectivity index (χ2n) is 3.17. The van der Waals surface area contributed by atoms with Gasteiger partial charge in [0.15, 0.2) is 0 Å². The highest BCUT2D eigenvalue weighted by Crippen LogP contribution is 2.12. The van der Waals surface area contributed by atoms with E-state index in [1.165, 1.54) is 0 Å². The van der Waals surface area contributed by atoms with Gasteiger partial charge in [-0.05, 0) is 12.1 Å². The van der Waals surface area contributed by atoms with E-state index in [4.69, 9.17) is 5.11 Å². The van der Waals surface area contributed by atoms with E-state index in [0.717, 1.165) is 22.7 Å². The molecule has 16 heavy (non-hydrogen) atoms. The van der Waals surface area contributed by atoms with Crippen molar-refractivity contribution in [3.05, 3.63) is 46.4 Å². The fourth-order valence-electron chi connectivity index (χ4n) is 1.24. The summed E-state index contributed by atoms with van der Waals surface area (Å²) in [4.78, 5) is 14.6. The number of carbonyl (C=O) groups is 1. The van der Waals surface area contributed by atoms with E-state index in [1.54, 1.807) is 5.38 Å². The van der Waals surface area contributed by atoms with Crippen LogP contribution in [0.25, 0.3) is 0 Å². The van der Waals surface area contributed by atoms with Gasteiger partial charge in [0.25, 0.3) is 0 Å². The van der Waals surface area contributed by atoms with Crippen molar-refractivity contribution in [1.82, 2.24) is 4.98 Å². The van der Waals surface area contributed by atoms with Crippen LogP contribution in [0.5, 0.6) is 0 Å². The predicted octanol–water partition coefficient (Wildman–Crippen LogP) is 2.45. The molecule has 2 rings (SSSR count). The van der Waals surface area contributed by atoms with Crippen LogP contribution in [0.1, 0.15) is 15.5 Å². The standard InChI is InChI=1S/C11H10N2O2S/c14-11(15)10-13-9(7-16-10)6-12-8-4-2-1-3-5-8/h1-5,7,12H,6H2,(H,14,15). The minimum absolute atomic E-state index is 0.130.